The number of piperazine rings is 1. The van der Waals surface area contributed by atoms with E-state index in [0.717, 1.165) is 21.3 Å². The largest absolute Gasteiger partial charge is 0.494 e. The maximum Gasteiger partial charge on any atom is 0.243 e. The van der Waals surface area contributed by atoms with Crippen LogP contribution in [0, 0.1) is 13.8 Å². The molecule has 0 spiro atoms. The van der Waals surface area contributed by atoms with E-state index in [1.807, 2.05) is 44.2 Å². The zero-order valence-electron chi connectivity index (χ0n) is 17.3. The van der Waals surface area contributed by atoms with E-state index in [0.29, 0.717) is 50.5 Å². The lowest BCUT2D eigenvalue weighted by molar-refractivity contribution is -0.132. The molecule has 0 bridgehead atoms. The van der Waals surface area contributed by atoms with Crippen LogP contribution in [0.3, 0.4) is 0 Å². The summed E-state index contributed by atoms with van der Waals surface area (Å²) in [6, 6.07) is 12.8. The minimum Gasteiger partial charge on any atom is -0.494 e. The Kier molecular flexibility index (Phi) is 7.55. The van der Waals surface area contributed by atoms with Crippen LogP contribution in [0.2, 0.25) is 0 Å². The van der Waals surface area contributed by atoms with Gasteiger partial charge in [-0.2, -0.15) is 4.31 Å². The Hall–Kier alpha value is -1.90. The van der Waals surface area contributed by atoms with Gasteiger partial charge in [0.1, 0.15) is 5.75 Å². The first-order chi connectivity index (χ1) is 14.3. The van der Waals surface area contributed by atoms with E-state index in [4.69, 9.17) is 4.74 Å². The smallest absolute Gasteiger partial charge is 0.243 e. The van der Waals surface area contributed by atoms with E-state index in [1.165, 1.54) is 4.31 Å². The zero-order valence-corrected chi connectivity index (χ0v) is 19.7. The molecule has 2 aromatic rings. The van der Waals surface area contributed by atoms with Crippen molar-refractivity contribution in [2.45, 2.75) is 31.6 Å². The van der Waals surface area contributed by atoms with Gasteiger partial charge in [0.05, 0.1) is 11.5 Å². The van der Waals surface area contributed by atoms with Gasteiger partial charge in [-0.1, -0.05) is 22.0 Å². The van der Waals surface area contributed by atoms with Crippen LogP contribution in [-0.2, 0) is 14.8 Å². The molecule has 1 saturated heterocycles. The van der Waals surface area contributed by atoms with Crippen molar-refractivity contribution in [2.75, 3.05) is 32.8 Å². The molecule has 0 atom stereocenters. The lowest BCUT2D eigenvalue weighted by Crippen LogP contribution is -2.50. The van der Waals surface area contributed by atoms with Crippen molar-refractivity contribution in [3.8, 4) is 5.75 Å². The van der Waals surface area contributed by atoms with Gasteiger partial charge in [0, 0.05) is 37.1 Å². The first kappa shape index (κ1) is 22.8. The third-order valence-corrected chi connectivity index (χ3v) is 7.75. The fourth-order valence-corrected chi connectivity index (χ4v) is 5.08. The number of ether oxygens (including phenoxy) is 1. The number of benzene rings is 2. The molecule has 1 heterocycles. The quantitative estimate of drug-likeness (QED) is 0.549. The Bertz CT molecular complexity index is 985. The number of amides is 1. The minimum absolute atomic E-state index is 0.0395. The van der Waals surface area contributed by atoms with Gasteiger partial charge >= 0.3 is 0 Å². The SMILES string of the molecule is Cc1ccc(S(=O)(=O)N2CCN(C(=O)CCCOc3ccc(Br)cc3)CC2)cc1C. The summed E-state index contributed by atoms with van der Waals surface area (Å²) in [6.07, 6.45) is 1.01. The molecular weight excluding hydrogens is 468 g/mol. The molecule has 162 valence electrons. The highest BCUT2D eigenvalue weighted by Crippen LogP contribution is 2.21. The van der Waals surface area contributed by atoms with Crippen LogP contribution in [0.15, 0.2) is 51.8 Å². The molecule has 0 saturated carbocycles. The van der Waals surface area contributed by atoms with E-state index in [2.05, 4.69) is 15.9 Å². The first-order valence-electron chi connectivity index (χ1n) is 10.0. The molecule has 2 aromatic carbocycles. The molecule has 1 aliphatic heterocycles. The highest BCUT2D eigenvalue weighted by Gasteiger charge is 2.30. The Balaban J connectivity index is 1.45. The van der Waals surface area contributed by atoms with Gasteiger partial charge in [0.2, 0.25) is 15.9 Å². The molecular formula is C22H27BrN2O4S. The van der Waals surface area contributed by atoms with Crippen molar-refractivity contribution in [1.29, 1.82) is 0 Å². The molecule has 1 fully saturated rings. The van der Waals surface area contributed by atoms with Gasteiger partial charge in [-0.25, -0.2) is 8.42 Å². The molecule has 0 unspecified atom stereocenters. The number of rotatable bonds is 7. The van der Waals surface area contributed by atoms with Gasteiger partial charge < -0.3 is 9.64 Å². The first-order valence-corrected chi connectivity index (χ1v) is 12.2. The summed E-state index contributed by atoms with van der Waals surface area (Å²) in [7, 11) is -3.53. The number of hydrogen-bond acceptors (Lipinski definition) is 4. The highest BCUT2D eigenvalue weighted by atomic mass is 79.9. The molecule has 8 heteroatoms. The third kappa shape index (κ3) is 5.62. The summed E-state index contributed by atoms with van der Waals surface area (Å²) < 4.78 is 33.9. The van der Waals surface area contributed by atoms with E-state index < -0.39 is 10.0 Å². The number of hydrogen-bond donors (Lipinski definition) is 0. The molecule has 30 heavy (non-hydrogen) atoms. The second kappa shape index (κ2) is 9.94. The van der Waals surface area contributed by atoms with Gasteiger partial charge in [0.15, 0.2) is 0 Å². The number of sulfonamides is 1. The lowest BCUT2D eigenvalue weighted by Gasteiger charge is -2.34. The Morgan fingerprint density at radius 3 is 2.30 bits per heavy atom. The fourth-order valence-electron chi connectivity index (χ4n) is 3.30. The summed E-state index contributed by atoms with van der Waals surface area (Å²) in [5.74, 6) is 0.813. The van der Waals surface area contributed by atoms with Crippen LogP contribution in [0.5, 0.6) is 5.75 Å². The summed E-state index contributed by atoms with van der Waals surface area (Å²) in [5, 5.41) is 0. The standard InChI is InChI=1S/C22H27BrN2O4S/c1-17-5-10-21(16-18(17)2)30(27,28)25-13-11-24(12-14-25)22(26)4-3-15-29-20-8-6-19(23)7-9-20/h5-10,16H,3-4,11-15H2,1-2H3. The predicted molar refractivity (Wildman–Crippen MR) is 120 cm³/mol. The fraction of sp³-hybridized carbons (Fsp3) is 0.409. The molecule has 0 aromatic heterocycles. The van der Waals surface area contributed by atoms with Crippen molar-refractivity contribution >= 4 is 31.9 Å². The van der Waals surface area contributed by atoms with Crippen LogP contribution >= 0.6 is 15.9 Å². The van der Waals surface area contributed by atoms with E-state index in [1.54, 1.807) is 17.0 Å². The third-order valence-electron chi connectivity index (χ3n) is 5.32. The summed E-state index contributed by atoms with van der Waals surface area (Å²) >= 11 is 3.38. The predicted octanol–water partition coefficient (Wildman–Crippen LogP) is 3.76. The van der Waals surface area contributed by atoms with Crippen molar-refractivity contribution in [1.82, 2.24) is 9.21 Å². The summed E-state index contributed by atoms with van der Waals surface area (Å²) in [4.78, 5) is 14.5. The lowest BCUT2D eigenvalue weighted by atomic mass is 10.1. The van der Waals surface area contributed by atoms with Gasteiger partial charge in [0.25, 0.3) is 0 Å². The molecule has 0 radical (unpaired) electrons. The minimum atomic E-state index is -3.53. The molecule has 1 amide bonds. The number of nitrogens with zero attached hydrogens (tertiary/aromatic N) is 2. The second-order valence-corrected chi connectivity index (χ2v) is 10.3. The molecule has 0 N–H and O–H groups in total. The van der Waals surface area contributed by atoms with E-state index in [9.17, 15) is 13.2 Å². The van der Waals surface area contributed by atoms with Crippen molar-refractivity contribution in [3.05, 3.63) is 58.1 Å². The molecule has 1 aliphatic rings. The number of carbonyl (C=O) groups is 1. The van der Waals surface area contributed by atoms with Crippen LogP contribution < -0.4 is 4.74 Å². The van der Waals surface area contributed by atoms with Gasteiger partial charge in [-0.05, 0) is 67.8 Å². The summed E-state index contributed by atoms with van der Waals surface area (Å²) in [5.41, 5.74) is 2.02. The average molecular weight is 495 g/mol. The number of carbonyl (C=O) groups excluding carboxylic acids is 1. The average Bonchev–Trinajstić information content (AvgIpc) is 2.74. The zero-order chi connectivity index (χ0) is 21.7. The molecule has 3 rings (SSSR count). The maximum absolute atomic E-state index is 12.9. The van der Waals surface area contributed by atoms with Crippen molar-refractivity contribution in [2.24, 2.45) is 0 Å². The van der Waals surface area contributed by atoms with Gasteiger partial charge in [-0.15, -0.1) is 0 Å². The monoisotopic (exact) mass is 494 g/mol. The van der Waals surface area contributed by atoms with E-state index >= 15 is 0 Å². The highest BCUT2D eigenvalue weighted by molar-refractivity contribution is 9.10. The van der Waals surface area contributed by atoms with Crippen LogP contribution in [0.1, 0.15) is 24.0 Å². The van der Waals surface area contributed by atoms with Crippen LogP contribution in [-0.4, -0.2) is 56.3 Å². The number of halogens is 1. The van der Waals surface area contributed by atoms with Gasteiger partial charge in [-0.3, -0.25) is 4.79 Å². The molecule has 0 aliphatic carbocycles. The van der Waals surface area contributed by atoms with E-state index in [-0.39, 0.29) is 5.91 Å². The topological polar surface area (TPSA) is 66.9 Å². The van der Waals surface area contributed by atoms with Crippen molar-refractivity contribution in [3.63, 3.8) is 0 Å². The Morgan fingerprint density at radius 2 is 1.67 bits per heavy atom. The Morgan fingerprint density at radius 1 is 1.00 bits per heavy atom. The maximum atomic E-state index is 12.9. The molecule has 6 nitrogen and oxygen atoms in total. The number of aryl methyl sites for hydroxylation is 2. The Labute approximate surface area is 187 Å². The summed E-state index contributed by atoms with van der Waals surface area (Å²) in [6.45, 7) is 5.79. The van der Waals surface area contributed by atoms with Crippen LogP contribution in [0.25, 0.3) is 0 Å². The van der Waals surface area contributed by atoms with Crippen molar-refractivity contribution < 1.29 is 17.9 Å². The van der Waals surface area contributed by atoms with Crippen LogP contribution in [0.4, 0.5) is 0 Å². The second-order valence-electron chi connectivity index (χ2n) is 7.44. The normalized spacial score (nSPS) is 15.2.